The number of rotatable bonds is 7. The maximum absolute atomic E-state index is 5.75. The summed E-state index contributed by atoms with van der Waals surface area (Å²) in [6.45, 7) is 5.84. The van der Waals surface area contributed by atoms with E-state index in [2.05, 4.69) is 24.1 Å². The molecule has 90 valence electrons. The van der Waals surface area contributed by atoms with Gasteiger partial charge in [-0.3, -0.25) is 4.98 Å². The van der Waals surface area contributed by atoms with Gasteiger partial charge in [-0.05, 0) is 32.8 Å². The molecule has 0 aromatic carbocycles. The van der Waals surface area contributed by atoms with E-state index in [0.717, 1.165) is 31.7 Å². The van der Waals surface area contributed by atoms with Gasteiger partial charge in [0.25, 0.3) is 0 Å². The molecule has 0 spiro atoms. The summed E-state index contributed by atoms with van der Waals surface area (Å²) < 4.78 is 5.46. The Morgan fingerprint density at radius 1 is 1.44 bits per heavy atom. The largest absolute Gasteiger partial charge is 0.396 e. The van der Waals surface area contributed by atoms with Gasteiger partial charge in [-0.15, -0.1) is 0 Å². The lowest BCUT2D eigenvalue weighted by Crippen LogP contribution is -2.08. The molecule has 0 aliphatic rings. The van der Waals surface area contributed by atoms with Crippen molar-refractivity contribution in [1.29, 1.82) is 0 Å². The molecule has 4 heteroatoms. The fourth-order valence-electron chi connectivity index (χ4n) is 1.34. The third kappa shape index (κ3) is 4.98. The number of pyridine rings is 1. The first-order valence-corrected chi connectivity index (χ1v) is 5.75. The molecule has 0 fully saturated rings. The van der Waals surface area contributed by atoms with E-state index in [4.69, 9.17) is 10.5 Å². The molecule has 0 radical (unpaired) electrons. The molecule has 0 aliphatic carbocycles. The second-order valence-corrected chi connectivity index (χ2v) is 4.02. The Kier molecular flexibility index (Phi) is 5.64. The van der Waals surface area contributed by atoms with Crippen molar-refractivity contribution in [1.82, 2.24) is 4.98 Å². The molecule has 4 nitrogen and oxygen atoms in total. The van der Waals surface area contributed by atoms with Crippen LogP contribution in [-0.4, -0.2) is 24.2 Å². The molecule has 1 heterocycles. The summed E-state index contributed by atoms with van der Waals surface area (Å²) in [6, 6.07) is 1.89. The zero-order chi connectivity index (χ0) is 11.8. The van der Waals surface area contributed by atoms with Crippen LogP contribution in [0, 0.1) is 0 Å². The predicted molar refractivity (Wildman–Crippen MR) is 67.5 cm³/mol. The Labute approximate surface area is 97.2 Å². The fraction of sp³-hybridized carbons (Fsp3) is 0.583. The third-order valence-corrected chi connectivity index (χ3v) is 2.19. The van der Waals surface area contributed by atoms with E-state index in [1.54, 1.807) is 12.4 Å². The maximum Gasteiger partial charge on any atom is 0.0736 e. The molecule has 0 atom stereocenters. The Bertz CT molecular complexity index is 302. The first-order chi connectivity index (χ1) is 7.70. The van der Waals surface area contributed by atoms with Crippen molar-refractivity contribution in [3.8, 4) is 0 Å². The Morgan fingerprint density at radius 2 is 2.25 bits per heavy atom. The minimum atomic E-state index is 0.323. The van der Waals surface area contributed by atoms with Crippen LogP contribution in [0.1, 0.15) is 26.7 Å². The first-order valence-electron chi connectivity index (χ1n) is 5.75. The molecule has 1 aromatic rings. The van der Waals surface area contributed by atoms with Crippen molar-refractivity contribution in [3.63, 3.8) is 0 Å². The molecule has 0 saturated heterocycles. The van der Waals surface area contributed by atoms with Crippen LogP contribution in [0.25, 0.3) is 0 Å². The average Bonchev–Trinajstić information content (AvgIpc) is 2.25. The summed E-state index contributed by atoms with van der Waals surface area (Å²) in [4.78, 5) is 3.94. The van der Waals surface area contributed by atoms with E-state index >= 15 is 0 Å². The van der Waals surface area contributed by atoms with E-state index in [1.807, 2.05) is 6.07 Å². The van der Waals surface area contributed by atoms with Crippen molar-refractivity contribution in [2.75, 3.05) is 24.2 Å². The highest BCUT2D eigenvalue weighted by Crippen LogP contribution is 2.14. The zero-order valence-electron chi connectivity index (χ0n) is 10.1. The van der Waals surface area contributed by atoms with Crippen molar-refractivity contribution >= 4 is 11.4 Å². The number of hydrogen-bond donors (Lipinski definition) is 2. The van der Waals surface area contributed by atoms with Gasteiger partial charge in [-0.2, -0.15) is 0 Å². The van der Waals surface area contributed by atoms with Crippen LogP contribution in [0.5, 0.6) is 0 Å². The van der Waals surface area contributed by atoms with E-state index in [-0.39, 0.29) is 0 Å². The second kappa shape index (κ2) is 7.06. The molecule has 0 aliphatic heterocycles. The molecular weight excluding hydrogens is 202 g/mol. The molecule has 1 aromatic heterocycles. The minimum absolute atomic E-state index is 0.323. The molecule has 3 N–H and O–H groups in total. The molecule has 0 amide bonds. The van der Waals surface area contributed by atoms with Gasteiger partial charge in [-0.1, -0.05) is 0 Å². The van der Waals surface area contributed by atoms with Crippen LogP contribution in [0.4, 0.5) is 11.4 Å². The van der Waals surface area contributed by atoms with Gasteiger partial charge >= 0.3 is 0 Å². The van der Waals surface area contributed by atoms with Crippen LogP contribution in [0.15, 0.2) is 18.5 Å². The van der Waals surface area contributed by atoms with Crippen LogP contribution >= 0.6 is 0 Å². The highest BCUT2D eigenvalue weighted by Gasteiger charge is 1.97. The van der Waals surface area contributed by atoms with Crippen molar-refractivity contribution < 1.29 is 4.74 Å². The highest BCUT2D eigenvalue weighted by atomic mass is 16.5. The highest BCUT2D eigenvalue weighted by molar-refractivity contribution is 5.63. The van der Waals surface area contributed by atoms with E-state index in [9.17, 15) is 0 Å². The fourth-order valence-corrected chi connectivity index (χ4v) is 1.34. The Morgan fingerprint density at radius 3 is 2.94 bits per heavy atom. The standard InChI is InChI=1S/C12H21N3O/c1-10(2)16-8-4-3-6-15-12-5-7-14-9-11(12)13/h5,7,9-10H,3-4,6,8,13H2,1-2H3,(H,14,15). The lowest BCUT2D eigenvalue weighted by Gasteiger charge is -2.09. The number of aromatic nitrogens is 1. The monoisotopic (exact) mass is 223 g/mol. The number of nitrogen functional groups attached to an aromatic ring is 1. The van der Waals surface area contributed by atoms with Crippen molar-refractivity contribution in [2.45, 2.75) is 32.8 Å². The van der Waals surface area contributed by atoms with Crippen molar-refractivity contribution in [3.05, 3.63) is 18.5 Å². The molecule has 1 rings (SSSR count). The topological polar surface area (TPSA) is 60.2 Å². The van der Waals surface area contributed by atoms with Gasteiger partial charge < -0.3 is 15.8 Å². The number of nitrogens with zero attached hydrogens (tertiary/aromatic N) is 1. The first kappa shape index (κ1) is 12.8. The summed E-state index contributed by atoms with van der Waals surface area (Å²) >= 11 is 0. The van der Waals surface area contributed by atoms with E-state index < -0.39 is 0 Å². The Balaban J connectivity index is 2.10. The second-order valence-electron chi connectivity index (χ2n) is 4.02. The summed E-state index contributed by atoms with van der Waals surface area (Å²) in [6.07, 6.45) is 5.86. The molecule has 0 bridgehead atoms. The summed E-state index contributed by atoms with van der Waals surface area (Å²) in [5.41, 5.74) is 7.40. The van der Waals surface area contributed by atoms with E-state index in [1.165, 1.54) is 0 Å². The number of nitrogens with one attached hydrogen (secondary N) is 1. The van der Waals surface area contributed by atoms with Crippen LogP contribution in [-0.2, 0) is 4.74 Å². The van der Waals surface area contributed by atoms with Gasteiger partial charge in [0.1, 0.15) is 0 Å². The zero-order valence-corrected chi connectivity index (χ0v) is 10.1. The number of hydrogen-bond acceptors (Lipinski definition) is 4. The lowest BCUT2D eigenvalue weighted by molar-refractivity contribution is 0.0765. The van der Waals surface area contributed by atoms with Crippen LogP contribution < -0.4 is 11.1 Å². The van der Waals surface area contributed by atoms with Crippen molar-refractivity contribution in [2.24, 2.45) is 0 Å². The summed E-state index contributed by atoms with van der Waals surface area (Å²) in [5.74, 6) is 0. The smallest absolute Gasteiger partial charge is 0.0736 e. The lowest BCUT2D eigenvalue weighted by atomic mass is 10.3. The Hall–Kier alpha value is -1.29. The number of nitrogens with two attached hydrogens (primary N) is 1. The van der Waals surface area contributed by atoms with Gasteiger partial charge in [0.15, 0.2) is 0 Å². The third-order valence-electron chi connectivity index (χ3n) is 2.19. The van der Waals surface area contributed by atoms with E-state index in [0.29, 0.717) is 11.8 Å². The SMILES string of the molecule is CC(C)OCCCCNc1ccncc1N. The van der Waals surface area contributed by atoms with Gasteiger partial charge in [-0.25, -0.2) is 0 Å². The number of unbranched alkanes of at least 4 members (excludes halogenated alkanes) is 1. The van der Waals surface area contributed by atoms with Gasteiger partial charge in [0.05, 0.1) is 23.7 Å². The van der Waals surface area contributed by atoms with Crippen LogP contribution in [0.2, 0.25) is 0 Å². The summed E-state index contributed by atoms with van der Waals surface area (Å²) in [7, 11) is 0. The summed E-state index contributed by atoms with van der Waals surface area (Å²) in [5, 5.41) is 3.28. The van der Waals surface area contributed by atoms with Gasteiger partial charge in [0.2, 0.25) is 0 Å². The maximum atomic E-state index is 5.75. The quantitative estimate of drug-likeness (QED) is 0.696. The van der Waals surface area contributed by atoms with Crippen LogP contribution in [0.3, 0.4) is 0 Å². The normalized spacial score (nSPS) is 10.7. The molecular formula is C12H21N3O. The van der Waals surface area contributed by atoms with Gasteiger partial charge in [0, 0.05) is 19.3 Å². The number of anilines is 2. The molecule has 0 unspecified atom stereocenters. The number of ether oxygens (including phenoxy) is 1. The minimum Gasteiger partial charge on any atom is -0.396 e. The predicted octanol–water partition coefficient (Wildman–Crippen LogP) is 2.28. The molecule has 0 saturated carbocycles. The average molecular weight is 223 g/mol. The molecule has 16 heavy (non-hydrogen) atoms.